The molecule has 3 aromatic heterocycles. The van der Waals surface area contributed by atoms with Crippen LogP contribution in [0.2, 0.25) is 0 Å². The van der Waals surface area contributed by atoms with Gasteiger partial charge in [0.1, 0.15) is 5.82 Å². The van der Waals surface area contributed by atoms with E-state index in [9.17, 15) is 9.90 Å². The molecule has 0 radical (unpaired) electrons. The maximum Gasteiger partial charge on any atom is 0.228 e. The highest BCUT2D eigenvalue weighted by Crippen LogP contribution is 2.29. The third-order valence-corrected chi connectivity index (χ3v) is 5.34. The predicted molar refractivity (Wildman–Crippen MR) is 116 cm³/mol. The van der Waals surface area contributed by atoms with Crippen molar-refractivity contribution in [3.63, 3.8) is 0 Å². The Hall–Kier alpha value is -2.84. The number of piperidine rings is 1. The number of nitrogens with zero attached hydrogens (tertiary/aromatic N) is 4. The van der Waals surface area contributed by atoms with E-state index in [4.69, 9.17) is 4.98 Å². The van der Waals surface area contributed by atoms with Gasteiger partial charge in [-0.15, -0.1) is 0 Å². The van der Waals surface area contributed by atoms with Crippen molar-refractivity contribution in [2.75, 3.05) is 18.4 Å². The first-order valence-corrected chi connectivity index (χ1v) is 10.3. The molecule has 0 atom stereocenters. The van der Waals surface area contributed by atoms with Gasteiger partial charge in [-0.3, -0.25) is 9.48 Å². The normalized spacial score (nSPS) is 15.5. The van der Waals surface area contributed by atoms with Gasteiger partial charge in [-0.2, -0.15) is 5.10 Å². The molecule has 0 saturated carbocycles. The molecule has 8 heteroatoms. The van der Waals surface area contributed by atoms with Gasteiger partial charge in [-0.05, 0) is 51.4 Å². The lowest BCUT2D eigenvalue weighted by atomic mass is 9.95. The summed E-state index contributed by atoms with van der Waals surface area (Å²) >= 11 is 0. The topological polar surface area (TPSA) is 105 Å². The predicted octanol–water partition coefficient (Wildman–Crippen LogP) is 2.28. The van der Waals surface area contributed by atoms with Crippen molar-refractivity contribution in [1.82, 2.24) is 25.1 Å². The number of rotatable bonds is 5. The first-order chi connectivity index (χ1) is 14.3. The van der Waals surface area contributed by atoms with Gasteiger partial charge in [0.05, 0.1) is 23.0 Å². The zero-order chi connectivity index (χ0) is 21.3. The number of hydrogen-bond acceptors (Lipinski definition) is 6. The van der Waals surface area contributed by atoms with Crippen molar-refractivity contribution in [3.8, 4) is 11.3 Å². The van der Waals surface area contributed by atoms with Gasteiger partial charge >= 0.3 is 0 Å². The summed E-state index contributed by atoms with van der Waals surface area (Å²) in [4.78, 5) is 21.8. The van der Waals surface area contributed by atoms with E-state index in [1.54, 1.807) is 30.9 Å². The summed E-state index contributed by atoms with van der Waals surface area (Å²) < 4.78 is 1.73. The number of pyridine rings is 2. The number of nitrogens with one attached hydrogen (secondary N) is 2. The van der Waals surface area contributed by atoms with Crippen LogP contribution in [0, 0.1) is 5.92 Å². The molecule has 1 saturated heterocycles. The molecule has 1 aliphatic heterocycles. The Morgan fingerprint density at radius 1 is 1.30 bits per heavy atom. The lowest BCUT2D eigenvalue weighted by Crippen LogP contribution is -2.34. The molecule has 4 rings (SSSR count). The van der Waals surface area contributed by atoms with Crippen LogP contribution in [0.15, 0.2) is 30.7 Å². The van der Waals surface area contributed by atoms with Gasteiger partial charge in [0.2, 0.25) is 5.91 Å². The molecule has 158 valence electrons. The number of carbonyl (C=O) groups excluding carboxylic acids is 1. The fourth-order valence-electron chi connectivity index (χ4n) is 3.89. The summed E-state index contributed by atoms with van der Waals surface area (Å²) in [5, 5.41) is 21.7. The van der Waals surface area contributed by atoms with Crippen LogP contribution in [-0.2, 0) is 18.3 Å². The molecular weight excluding hydrogens is 380 g/mol. The average Bonchev–Trinajstić information content (AvgIpc) is 3.13. The number of aryl methyl sites for hydroxylation is 1. The van der Waals surface area contributed by atoms with Crippen molar-refractivity contribution >= 4 is 22.6 Å². The minimum absolute atomic E-state index is 0.00878. The fourth-order valence-corrected chi connectivity index (χ4v) is 3.89. The maximum absolute atomic E-state index is 12.6. The van der Waals surface area contributed by atoms with E-state index >= 15 is 0 Å². The number of aromatic nitrogens is 4. The molecule has 0 aliphatic carbocycles. The smallest absolute Gasteiger partial charge is 0.228 e. The van der Waals surface area contributed by atoms with Crippen molar-refractivity contribution in [3.05, 3.63) is 36.3 Å². The second-order valence-electron chi connectivity index (χ2n) is 8.66. The van der Waals surface area contributed by atoms with E-state index in [0.29, 0.717) is 12.2 Å². The van der Waals surface area contributed by atoms with Gasteiger partial charge < -0.3 is 15.7 Å². The molecule has 8 nitrogen and oxygen atoms in total. The highest BCUT2D eigenvalue weighted by atomic mass is 16.3. The van der Waals surface area contributed by atoms with E-state index in [2.05, 4.69) is 20.7 Å². The lowest BCUT2D eigenvalue weighted by Gasteiger charge is -2.21. The molecule has 1 amide bonds. The molecule has 0 bridgehead atoms. The van der Waals surface area contributed by atoms with Crippen LogP contribution < -0.4 is 10.6 Å². The molecule has 4 heterocycles. The zero-order valence-electron chi connectivity index (χ0n) is 17.6. The van der Waals surface area contributed by atoms with Crippen molar-refractivity contribution in [1.29, 1.82) is 0 Å². The average molecular weight is 409 g/mol. The van der Waals surface area contributed by atoms with Gasteiger partial charge in [0, 0.05) is 48.8 Å². The molecular formula is C22H28N6O2. The van der Waals surface area contributed by atoms with Gasteiger partial charge in [-0.1, -0.05) is 0 Å². The Labute approximate surface area is 175 Å². The Kier molecular flexibility index (Phi) is 5.53. The molecule has 1 fully saturated rings. The highest BCUT2D eigenvalue weighted by Gasteiger charge is 2.22. The number of aliphatic hydroxyl groups is 1. The second-order valence-corrected chi connectivity index (χ2v) is 8.66. The Morgan fingerprint density at radius 3 is 2.73 bits per heavy atom. The minimum atomic E-state index is -0.873. The van der Waals surface area contributed by atoms with E-state index in [0.717, 1.165) is 53.7 Å². The van der Waals surface area contributed by atoms with Crippen molar-refractivity contribution in [2.24, 2.45) is 13.0 Å². The number of hydrogen-bond donors (Lipinski definition) is 3. The summed E-state index contributed by atoms with van der Waals surface area (Å²) in [6.45, 7) is 5.29. The highest BCUT2D eigenvalue weighted by molar-refractivity contribution is 5.94. The molecule has 3 aromatic rings. The monoisotopic (exact) mass is 408 g/mol. The van der Waals surface area contributed by atoms with E-state index < -0.39 is 5.60 Å². The summed E-state index contributed by atoms with van der Waals surface area (Å²) in [5.74, 6) is 0.525. The molecule has 0 unspecified atom stereocenters. The SMILES string of the molecule is Cn1cc(-c2nc3cc(NC(=O)C4CCNCC4)ncc3cc2CC(C)(C)O)cn1. The molecule has 0 spiro atoms. The van der Waals surface area contributed by atoms with Crippen molar-refractivity contribution in [2.45, 2.75) is 38.7 Å². The first-order valence-electron chi connectivity index (χ1n) is 10.3. The first kappa shape index (κ1) is 20.4. The molecule has 30 heavy (non-hydrogen) atoms. The van der Waals surface area contributed by atoms with Crippen LogP contribution in [0.4, 0.5) is 5.82 Å². The van der Waals surface area contributed by atoms with Crippen LogP contribution >= 0.6 is 0 Å². The lowest BCUT2D eigenvalue weighted by molar-refractivity contribution is -0.120. The number of anilines is 1. The molecule has 3 N–H and O–H groups in total. The van der Waals surface area contributed by atoms with Crippen molar-refractivity contribution < 1.29 is 9.90 Å². The van der Waals surface area contributed by atoms with Crippen LogP contribution in [0.5, 0.6) is 0 Å². The van der Waals surface area contributed by atoms with Crippen LogP contribution in [0.25, 0.3) is 22.2 Å². The second kappa shape index (κ2) is 8.12. The summed E-state index contributed by atoms with van der Waals surface area (Å²) in [5.41, 5.74) is 2.46. The Balaban J connectivity index is 1.69. The summed E-state index contributed by atoms with van der Waals surface area (Å²) in [7, 11) is 1.86. The largest absolute Gasteiger partial charge is 0.390 e. The Morgan fingerprint density at radius 2 is 2.07 bits per heavy atom. The van der Waals surface area contributed by atoms with E-state index in [-0.39, 0.29) is 11.8 Å². The van der Waals surface area contributed by atoms with Gasteiger partial charge in [-0.25, -0.2) is 9.97 Å². The third-order valence-electron chi connectivity index (χ3n) is 5.34. The minimum Gasteiger partial charge on any atom is -0.390 e. The van der Waals surface area contributed by atoms with E-state index in [1.165, 1.54) is 0 Å². The standard InChI is InChI=1S/C22H28N6O2/c1-22(2,30)10-15-8-16-11-24-19(27-21(29)14-4-6-23-7-5-14)9-18(16)26-20(15)17-12-25-28(3)13-17/h8-9,11-14,23,30H,4-7,10H2,1-3H3,(H,24,27,29). The van der Waals surface area contributed by atoms with Crippen LogP contribution in [0.1, 0.15) is 32.3 Å². The summed E-state index contributed by atoms with van der Waals surface area (Å²) in [6, 6.07) is 3.82. The quantitative estimate of drug-likeness (QED) is 0.598. The van der Waals surface area contributed by atoms with E-state index in [1.807, 2.05) is 25.4 Å². The molecule has 0 aromatic carbocycles. The number of amides is 1. The van der Waals surface area contributed by atoms with Crippen LogP contribution in [-0.4, -0.2) is 49.5 Å². The number of fused-ring (bicyclic) bond motifs is 1. The number of carbonyl (C=O) groups is 1. The zero-order valence-corrected chi connectivity index (χ0v) is 17.6. The fraction of sp³-hybridized carbons (Fsp3) is 0.455. The maximum atomic E-state index is 12.6. The van der Waals surface area contributed by atoms with Gasteiger partial charge in [0.25, 0.3) is 0 Å². The Bertz CT molecular complexity index is 1060. The molecule has 1 aliphatic rings. The third kappa shape index (κ3) is 4.66. The summed E-state index contributed by atoms with van der Waals surface area (Å²) in [6.07, 6.45) is 7.52. The van der Waals surface area contributed by atoms with Crippen LogP contribution in [0.3, 0.4) is 0 Å². The van der Waals surface area contributed by atoms with Gasteiger partial charge in [0.15, 0.2) is 0 Å².